The highest BCUT2D eigenvalue weighted by Crippen LogP contribution is 2.24. The third-order valence-corrected chi connectivity index (χ3v) is 3.45. The van der Waals surface area contributed by atoms with Crippen molar-refractivity contribution < 1.29 is 4.74 Å². The number of nitrogens with two attached hydrogens (primary N) is 1. The van der Waals surface area contributed by atoms with E-state index in [9.17, 15) is 0 Å². The lowest BCUT2D eigenvalue weighted by molar-refractivity contribution is 0.340. The van der Waals surface area contributed by atoms with Crippen LogP contribution in [0.4, 0.5) is 5.82 Å². The van der Waals surface area contributed by atoms with E-state index in [1.54, 1.807) is 4.52 Å². The lowest BCUT2D eigenvalue weighted by Gasteiger charge is -2.05. The predicted octanol–water partition coefficient (Wildman–Crippen LogP) is 2.64. The monoisotopic (exact) mass is 297 g/mol. The van der Waals surface area contributed by atoms with Crippen LogP contribution in [0.1, 0.15) is 19.5 Å². The molecule has 0 fully saturated rings. The first-order valence-corrected chi connectivity index (χ1v) is 7.34. The molecule has 3 N–H and O–H groups in total. The molecule has 1 aromatic carbocycles. The van der Waals surface area contributed by atoms with E-state index in [2.05, 4.69) is 22.4 Å². The summed E-state index contributed by atoms with van der Waals surface area (Å²) < 4.78 is 7.17. The normalized spacial score (nSPS) is 10.9. The van der Waals surface area contributed by atoms with E-state index >= 15 is 0 Å². The molecule has 6 nitrogen and oxygen atoms in total. The number of hydrogen-bond donors (Lipinski definition) is 2. The van der Waals surface area contributed by atoms with E-state index in [1.165, 1.54) is 0 Å². The summed E-state index contributed by atoms with van der Waals surface area (Å²) in [5, 5.41) is 4.58. The van der Waals surface area contributed by atoms with Gasteiger partial charge in [-0.05, 0) is 37.6 Å². The van der Waals surface area contributed by atoms with Crippen molar-refractivity contribution in [2.45, 2.75) is 20.3 Å². The van der Waals surface area contributed by atoms with Gasteiger partial charge in [0.25, 0.3) is 0 Å². The van der Waals surface area contributed by atoms with Crippen LogP contribution in [0.3, 0.4) is 0 Å². The van der Waals surface area contributed by atoms with Crippen LogP contribution in [-0.4, -0.2) is 21.2 Å². The van der Waals surface area contributed by atoms with Gasteiger partial charge in [0.1, 0.15) is 11.6 Å². The molecule has 6 heteroatoms. The molecule has 114 valence electrons. The van der Waals surface area contributed by atoms with Gasteiger partial charge in [-0.15, -0.1) is 0 Å². The molecule has 3 aromatic rings. The van der Waals surface area contributed by atoms with Crippen molar-refractivity contribution in [1.82, 2.24) is 14.6 Å². The summed E-state index contributed by atoms with van der Waals surface area (Å²) in [6.45, 7) is 4.68. The standard InChI is InChI=1S/C16H19N5O/c1-3-12-9-16(19-17)21-15(18-12)10-14(20-21)11-5-7-13(8-6-11)22-4-2/h5-10,19H,3-4,17H2,1-2H3. The zero-order valence-corrected chi connectivity index (χ0v) is 12.7. The number of benzene rings is 1. The smallest absolute Gasteiger partial charge is 0.158 e. The van der Waals surface area contributed by atoms with Crippen molar-refractivity contribution >= 4 is 11.5 Å². The minimum Gasteiger partial charge on any atom is -0.494 e. The zero-order valence-electron chi connectivity index (χ0n) is 12.7. The van der Waals surface area contributed by atoms with Crippen LogP contribution < -0.4 is 16.0 Å². The molecule has 0 aliphatic heterocycles. The maximum absolute atomic E-state index is 5.59. The van der Waals surface area contributed by atoms with Gasteiger partial charge in [0.2, 0.25) is 0 Å². The Balaban J connectivity index is 2.04. The number of rotatable bonds is 5. The van der Waals surface area contributed by atoms with E-state index in [0.29, 0.717) is 6.61 Å². The third kappa shape index (κ3) is 2.60. The number of hydrogen-bond acceptors (Lipinski definition) is 5. The Bertz CT molecular complexity index is 779. The average Bonchev–Trinajstić information content (AvgIpc) is 2.98. The van der Waals surface area contributed by atoms with Crippen molar-refractivity contribution in [3.05, 3.63) is 42.1 Å². The molecule has 0 unspecified atom stereocenters. The molecule has 0 saturated heterocycles. The van der Waals surface area contributed by atoms with Gasteiger partial charge < -0.3 is 10.2 Å². The molecule has 0 saturated carbocycles. The fourth-order valence-electron chi connectivity index (χ4n) is 2.34. The van der Waals surface area contributed by atoms with Crippen LogP contribution in [0.5, 0.6) is 5.75 Å². The summed E-state index contributed by atoms with van der Waals surface area (Å²) >= 11 is 0. The Labute approximate surface area is 128 Å². The number of ether oxygens (including phenoxy) is 1. The molecule has 2 heterocycles. The van der Waals surface area contributed by atoms with Gasteiger partial charge in [0, 0.05) is 23.4 Å². The zero-order chi connectivity index (χ0) is 15.5. The lowest BCUT2D eigenvalue weighted by Crippen LogP contribution is -2.12. The molecular weight excluding hydrogens is 278 g/mol. The van der Waals surface area contributed by atoms with Crippen LogP contribution in [0.25, 0.3) is 16.9 Å². The topological polar surface area (TPSA) is 77.5 Å². The summed E-state index contributed by atoms with van der Waals surface area (Å²) in [5.41, 5.74) is 6.28. The molecule has 0 bridgehead atoms. The molecule has 0 aliphatic carbocycles. The first-order chi connectivity index (χ1) is 10.7. The quantitative estimate of drug-likeness (QED) is 0.559. The van der Waals surface area contributed by atoms with E-state index < -0.39 is 0 Å². The summed E-state index contributed by atoms with van der Waals surface area (Å²) in [6.07, 6.45) is 0.842. The fraction of sp³-hybridized carbons (Fsp3) is 0.250. The molecule has 2 aromatic heterocycles. The van der Waals surface area contributed by atoms with Crippen LogP contribution in [0, 0.1) is 0 Å². The van der Waals surface area contributed by atoms with E-state index in [0.717, 1.165) is 40.6 Å². The van der Waals surface area contributed by atoms with E-state index in [-0.39, 0.29) is 0 Å². The average molecular weight is 297 g/mol. The van der Waals surface area contributed by atoms with Gasteiger partial charge in [-0.3, -0.25) is 0 Å². The fourth-order valence-corrected chi connectivity index (χ4v) is 2.34. The Hall–Kier alpha value is -2.60. The van der Waals surface area contributed by atoms with Gasteiger partial charge in [0.15, 0.2) is 5.65 Å². The molecule has 0 atom stereocenters. The van der Waals surface area contributed by atoms with Crippen LogP contribution in [0.15, 0.2) is 36.4 Å². The first-order valence-electron chi connectivity index (χ1n) is 7.34. The molecule has 3 rings (SSSR count). The summed E-state index contributed by atoms with van der Waals surface area (Å²) in [6, 6.07) is 11.7. The van der Waals surface area contributed by atoms with Gasteiger partial charge in [-0.25, -0.2) is 10.8 Å². The number of anilines is 1. The Morgan fingerprint density at radius 3 is 2.59 bits per heavy atom. The minimum atomic E-state index is 0.656. The van der Waals surface area contributed by atoms with Crippen molar-refractivity contribution in [1.29, 1.82) is 0 Å². The Morgan fingerprint density at radius 1 is 1.18 bits per heavy atom. The highest BCUT2D eigenvalue weighted by atomic mass is 16.5. The number of nitrogens with one attached hydrogen (secondary N) is 1. The maximum Gasteiger partial charge on any atom is 0.158 e. The second-order valence-electron chi connectivity index (χ2n) is 4.89. The Morgan fingerprint density at radius 2 is 1.95 bits per heavy atom. The molecule has 0 radical (unpaired) electrons. The summed E-state index contributed by atoms with van der Waals surface area (Å²) in [7, 11) is 0. The lowest BCUT2D eigenvalue weighted by atomic mass is 10.1. The van der Waals surface area contributed by atoms with Crippen molar-refractivity contribution in [2.75, 3.05) is 12.0 Å². The van der Waals surface area contributed by atoms with Crippen molar-refractivity contribution in [3.63, 3.8) is 0 Å². The number of aromatic nitrogens is 3. The van der Waals surface area contributed by atoms with Crippen LogP contribution in [-0.2, 0) is 6.42 Å². The third-order valence-electron chi connectivity index (χ3n) is 3.45. The van der Waals surface area contributed by atoms with Crippen LogP contribution in [0.2, 0.25) is 0 Å². The molecule has 0 spiro atoms. The summed E-state index contributed by atoms with van der Waals surface area (Å²) in [5.74, 6) is 7.16. The second-order valence-corrected chi connectivity index (χ2v) is 4.89. The molecule has 22 heavy (non-hydrogen) atoms. The predicted molar refractivity (Wildman–Crippen MR) is 86.8 cm³/mol. The summed E-state index contributed by atoms with van der Waals surface area (Å²) in [4.78, 5) is 4.58. The number of nitrogen functional groups attached to an aromatic ring is 1. The van der Waals surface area contributed by atoms with Gasteiger partial charge in [-0.1, -0.05) is 6.92 Å². The number of fused-ring (bicyclic) bond motifs is 1. The SMILES string of the molecule is CCOc1ccc(-c2cc3nc(CC)cc(NN)n3n2)cc1. The maximum atomic E-state index is 5.59. The van der Waals surface area contributed by atoms with Crippen molar-refractivity contribution in [2.24, 2.45) is 5.84 Å². The van der Waals surface area contributed by atoms with Crippen molar-refractivity contribution in [3.8, 4) is 17.0 Å². The highest BCUT2D eigenvalue weighted by Gasteiger charge is 2.10. The largest absolute Gasteiger partial charge is 0.494 e. The molecular formula is C16H19N5O. The number of hydrazine groups is 1. The molecule has 0 amide bonds. The van der Waals surface area contributed by atoms with E-state index in [4.69, 9.17) is 10.6 Å². The van der Waals surface area contributed by atoms with Gasteiger partial charge in [0.05, 0.1) is 12.3 Å². The van der Waals surface area contributed by atoms with Gasteiger partial charge in [-0.2, -0.15) is 9.61 Å². The molecule has 0 aliphatic rings. The second kappa shape index (κ2) is 6.03. The highest BCUT2D eigenvalue weighted by molar-refractivity contribution is 5.66. The van der Waals surface area contributed by atoms with Crippen LogP contribution >= 0.6 is 0 Å². The number of nitrogens with zero attached hydrogens (tertiary/aromatic N) is 3. The first kappa shape index (κ1) is 14.3. The Kier molecular flexibility index (Phi) is 3.93. The van der Waals surface area contributed by atoms with Gasteiger partial charge >= 0.3 is 0 Å². The minimum absolute atomic E-state index is 0.656. The van der Waals surface area contributed by atoms with E-state index in [1.807, 2.05) is 43.3 Å². The number of aryl methyl sites for hydroxylation is 1.